The zero-order valence-electron chi connectivity index (χ0n) is 14.9. The van der Waals surface area contributed by atoms with Gasteiger partial charge >= 0.3 is 0 Å². The van der Waals surface area contributed by atoms with E-state index in [4.69, 9.17) is 5.73 Å². The van der Waals surface area contributed by atoms with Gasteiger partial charge in [-0.3, -0.25) is 24.4 Å². The number of nitrogens with one attached hydrogen (secondary N) is 1. The minimum atomic E-state index is -3.56. The fourth-order valence-electron chi connectivity index (χ4n) is 3.50. The minimum absolute atomic E-state index is 0.0716. The molecule has 3 N–H and O–H groups in total. The highest BCUT2D eigenvalue weighted by Crippen LogP contribution is 2.28. The van der Waals surface area contributed by atoms with Crippen molar-refractivity contribution in [3.63, 3.8) is 0 Å². The molecule has 3 heterocycles. The summed E-state index contributed by atoms with van der Waals surface area (Å²) < 4.78 is 26.5. The second-order valence-corrected chi connectivity index (χ2v) is 8.94. The number of aromatic nitrogens is 2. The number of amides is 3. The van der Waals surface area contributed by atoms with Crippen LogP contribution in [0.25, 0.3) is 0 Å². The van der Waals surface area contributed by atoms with Gasteiger partial charge in [0.2, 0.25) is 21.8 Å². The average molecular weight is 397 g/mol. The highest BCUT2D eigenvalue weighted by Gasteiger charge is 2.32. The zero-order chi connectivity index (χ0) is 19.6. The van der Waals surface area contributed by atoms with Crippen molar-refractivity contribution in [1.82, 2.24) is 19.4 Å². The Morgan fingerprint density at radius 2 is 1.85 bits per heavy atom. The molecule has 0 aromatic carbocycles. The van der Waals surface area contributed by atoms with E-state index < -0.39 is 15.9 Å². The van der Waals surface area contributed by atoms with E-state index in [1.54, 1.807) is 6.07 Å². The number of sulfonamides is 1. The van der Waals surface area contributed by atoms with E-state index >= 15 is 0 Å². The van der Waals surface area contributed by atoms with Crippen molar-refractivity contribution in [3.05, 3.63) is 17.5 Å². The molecule has 1 aromatic rings. The van der Waals surface area contributed by atoms with Gasteiger partial charge in [-0.05, 0) is 25.3 Å². The van der Waals surface area contributed by atoms with Crippen LogP contribution in [0.2, 0.25) is 0 Å². The summed E-state index contributed by atoms with van der Waals surface area (Å²) in [5.74, 6) is -1.40. The smallest absolute Gasteiger partial charge is 0.269 e. The number of primary amides is 1. The van der Waals surface area contributed by atoms with Crippen molar-refractivity contribution < 1.29 is 22.8 Å². The standard InChI is InChI=1S/C16H23N5O5S/c17-16(24)13-10-12(18-19-13)11-4-6-20(7-5-11)27(25,26)9-8-21-14(22)2-1-3-15(21)23/h10-11H,1-9H2,(H2,17,24)(H,18,19). The number of carbonyl (C=O) groups is 3. The van der Waals surface area contributed by atoms with Gasteiger partial charge in [0.25, 0.3) is 5.91 Å². The number of piperidine rings is 2. The number of nitrogens with zero attached hydrogens (tertiary/aromatic N) is 3. The van der Waals surface area contributed by atoms with Crippen LogP contribution in [0.3, 0.4) is 0 Å². The Morgan fingerprint density at radius 3 is 2.41 bits per heavy atom. The summed E-state index contributed by atoms with van der Waals surface area (Å²) in [4.78, 5) is 35.8. The number of hydrogen-bond acceptors (Lipinski definition) is 6. The Balaban J connectivity index is 1.55. The number of imide groups is 1. The molecule has 27 heavy (non-hydrogen) atoms. The first-order chi connectivity index (χ1) is 12.8. The summed E-state index contributed by atoms with van der Waals surface area (Å²) in [6.07, 6.45) is 2.27. The van der Waals surface area contributed by atoms with E-state index in [2.05, 4.69) is 10.2 Å². The molecule has 0 saturated carbocycles. The zero-order valence-corrected chi connectivity index (χ0v) is 15.7. The Hall–Kier alpha value is -2.27. The SMILES string of the molecule is NC(=O)c1cc(C2CCN(S(=O)(=O)CCN3C(=O)CCCC3=O)CC2)[nH]n1. The first-order valence-electron chi connectivity index (χ1n) is 8.94. The van der Waals surface area contributed by atoms with E-state index in [1.165, 1.54) is 4.31 Å². The highest BCUT2D eigenvalue weighted by atomic mass is 32.2. The van der Waals surface area contributed by atoms with E-state index in [0.717, 1.165) is 10.6 Å². The molecule has 0 atom stereocenters. The lowest BCUT2D eigenvalue weighted by Crippen LogP contribution is -2.46. The molecule has 0 unspecified atom stereocenters. The quantitative estimate of drug-likeness (QED) is 0.622. The number of aromatic amines is 1. The fraction of sp³-hybridized carbons (Fsp3) is 0.625. The molecule has 0 radical (unpaired) electrons. The molecular weight excluding hydrogens is 374 g/mol. The Morgan fingerprint density at radius 1 is 1.22 bits per heavy atom. The van der Waals surface area contributed by atoms with Gasteiger partial charge in [0.05, 0.1) is 5.75 Å². The van der Waals surface area contributed by atoms with Crippen LogP contribution >= 0.6 is 0 Å². The van der Waals surface area contributed by atoms with E-state index in [-0.39, 0.29) is 48.6 Å². The molecule has 3 rings (SSSR count). The number of hydrogen-bond donors (Lipinski definition) is 2. The van der Waals surface area contributed by atoms with Gasteiger partial charge in [-0.1, -0.05) is 0 Å². The molecule has 1 aromatic heterocycles. The van der Waals surface area contributed by atoms with E-state index in [1.807, 2.05) is 0 Å². The van der Waals surface area contributed by atoms with Gasteiger partial charge in [-0.2, -0.15) is 5.10 Å². The third-order valence-corrected chi connectivity index (χ3v) is 6.94. The Bertz CT molecular complexity index is 825. The maximum absolute atomic E-state index is 12.6. The van der Waals surface area contributed by atoms with Crippen LogP contribution in [0.4, 0.5) is 0 Å². The summed E-state index contributed by atoms with van der Waals surface area (Å²) in [5.41, 5.74) is 6.12. The molecular formula is C16H23N5O5S. The van der Waals surface area contributed by atoms with Crippen LogP contribution in [0.1, 0.15) is 54.2 Å². The molecule has 0 aliphatic carbocycles. The third-order valence-electron chi connectivity index (χ3n) is 5.09. The van der Waals surface area contributed by atoms with Gasteiger partial charge in [-0.25, -0.2) is 12.7 Å². The van der Waals surface area contributed by atoms with Crippen molar-refractivity contribution in [2.24, 2.45) is 5.73 Å². The molecule has 2 saturated heterocycles. The minimum Gasteiger partial charge on any atom is -0.364 e. The largest absolute Gasteiger partial charge is 0.364 e. The summed E-state index contributed by atoms with van der Waals surface area (Å²) in [6.45, 7) is 0.572. The van der Waals surface area contributed by atoms with Crippen molar-refractivity contribution in [2.45, 2.75) is 38.0 Å². The third kappa shape index (κ3) is 4.35. The number of rotatable bonds is 6. The molecule has 2 fully saturated rings. The normalized spacial score (nSPS) is 20.2. The van der Waals surface area contributed by atoms with Crippen LogP contribution in [0, 0.1) is 0 Å². The molecule has 0 bridgehead atoms. The lowest BCUT2D eigenvalue weighted by molar-refractivity contribution is -0.147. The lowest BCUT2D eigenvalue weighted by Gasteiger charge is -2.31. The molecule has 0 spiro atoms. The van der Waals surface area contributed by atoms with Gasteiger partial charge < -0.3 is 5.73 Å². The summed E-state index contributed by atoms with van der Waals surface area (Å²) in [6, 6.07) is 1.60. The topological polar surface area (TPSA) is 147 Å². The number of likely N-dealkylation sites (tertiary alicyclic amines) is 1. The van der Waals surface area contributed by atoms with Gasteiger partial charge in [0, 0.05) is 44.1 Å². The predicted octanol–water partition coefficient (Wildman–Crippen LogP) is -0.443. The molecule has 148 valence electrons. The number of nitrogens with two attached hydrogens (primary N) is 1. The molecule has 2 aliphatic heterocycles. The van der Waals surface area contributed by atoms with Gasteiger partial charge in [0.1, 0.15) is 5.69 Å². The van der Waals surface area contributed by atoms with Crippen LogP contribution in [0.5, 0.6) is 0 Å². The maximum atomic E-state index is 12.6. The van der Waals surface area contributed by atoms with E-state index in [0.29, 0.717) is 32.4 Å². The average Bonchev–Trinajstić information content (AvgIpc) is 3.12. The molecule has 3 amide bonds. The van der Waals surface area contributed by atoms with Crippen molar-refractivity contribution >= 4 is 27.7 Å². The molecule has 10 nitrogen and oxygen atoms in total. The lowest BCUT2D eigenvalue weighted by atomic mass is 9.94. The van der Waals surface area contributed by atoms with Crippen molar-refractivity contribution in [3.8, 4) is 0 Å². The number of H-pyrrole nitrogens is 1. The summed E-state index contributed by atoms with van der Waals surface area (Å²) in [7, 11) is -3.56. The predicted molar refractivity (Wildman–Crippen MR) is 95.0 cm³/mol. The van der Waals surface area contributed by atoms with E-state index in [9.17, 15) is 22.8 Å². The van der Waals surface area contributed by atoms with Crippen LogP contribution in [-0.4, -0.2) is 70.9 Å². The first-order valence-corrected chi connectivity index (χ1v) is 10.5. The summed E-state index contributed by atoms with van der Waals surface area (Å²) >= 11 is 0. The van der Waals surface area contributed by atoms with Crippen molar-refractivity contribution in [1.29, 1.82) is 0 Å². The van der Waals surface area contributed by atoms with Crippen LogP contribution in [0.15, 0.2) is 6.07 Å². The van der Waals surface area contributed by atoms with Crippen LogP contribution < -0.4 is 5.73 Å². The van der Waals surface area contributed by atoms with Crippen LogP contribution in [-0.2, 0) is 19.6 Å². The Labute approximate surface area is 157 Å². The maximum Gasteiger partial charge on any atom is 0.269 e. The second kappa shape index (κ2) is 7.77. The monoisotopic (exact) mass is 397 g/mol. The Kier molecular flexibility index (Phi) is 5.61. The summed E-state index contributed by atoms with van der Waals surface area (Å²) in [5, 5.41) is 6.64. The fourth-order valence-corrected chi connectivity index (χ4v) is 4.94. The van der Waals surface area contributed by atoms with Gasteiger partial charge in [0.15, 0.2) is 0 Å². The first kappa shape index (κ1) is 19.5. The second-order valence-electron chi connectivity index (χ2n) is 6.85. The highest BCUT2D eigenvalue weighted by molar-refractivity contribution is 7.89. The van der Waals surface area contributed by atoms with Crippen molar-refractivity contribution in [2.75, 3.05) is 25.4 Å². The molecule has 11 heteroatoms. The van der Waals surface area contributed by atoms with Gasteiger partial charge in [-0.15, -0.1) is 0 Å². The number of carbonyl (C=O) groups excluding carboxylic acids is 3. The molecule has 2 aliphatic rings.